The minimum absolute atomic E-state index is 0.144. The van der Waals surface area contributed by atoms with Crippen LogP contribution in [-0.4, -0.2) is 9.55 Å². The summed E-state index contributed by atoms with van der Waals surface area (Å²) in [4.78, 5) is 4.61. The van der Waals surface area contributed by atoms with Gasteiger partial charge in [-0.15, -0.1) is 0 Å². The topological polar surface area (TPSA) is 17.8 Å². The van der Waals surface area contributed by atoms with Gasteiger partial charge in [0.2, 0.25) is 0 Å². The van der Waals surface area contributed by atoms with Gasteiger partial charge in [0.1, 0.15) is 5.82 Å². The fraction of sp³-hybridized carbons (Fsp3) is 0.0571. The molecular formula is C35H26N2. The van der Waals surface area contributed by atoms with E-state index < -0.39 is 13.2 Å². The summed E-state index contributed by atoms with van der Waals surface area (Å²) in [5, 5.41) is 3.71. The van der Waals surface area contributed by atoms with E-state index in [2.05, 4.69) is 53.5 Å². The predicted molar refractivity (Wildman–Crippen MR) is 156 cm³/mol. The maximum absolute atomic E-state index is 8.80. The summed E-state index contributed by atoms with van der Waals surface area (Å²) < 4.78 is 43.6. The second-order valence-corrected chi connectivity index (χ2v) is 9.15. The SMILES string of the molecule is [2H]C([2H])([2H])C([2H])([2H])c1nc2ccccc2n1-c1c2ccccc2c(-c2ccccc2)c2cc(-c3ccccc3)ccc12. The molecule has 0 atom stereocenters. The lowest BCUT2D eigenvalue weighted by Crippen LogP contribution is -2.03. The molecule has 0 bridgehead atoms. The van der Waals surface area contributed by atoms with Gasteiger partial charge in [-0.2, -0.15) is 0 Å². The van der Waals surface area contributed by atoms with Gasteiger partial charge in [-0.05, 0) is 51.2 Å². The van der Waals surface area contributed by atoms with Gasteiger partial charge < -0.3 is 0 Å². The van der Waals surface area contributed by atoms with E-state index in [0.717, 1.165) is 43.8 Å². The smallest absolute Gasteiger partial charge is 0.114 e. The summed E-state index contributed by atoms with van der Waals surface area (Å²) in [5.41, 5.74) is 6.14. The van der Waals surface area contributed by atoms with Gasteiger partial charge in [-0.25, -0.2) is 4.98 Å². The van der Waals surface area contributed by atoms with E-state index >= 15 is 0 Å². The second-order valence-electron chi connectivity index (χ2n) is 9.15. The molecule has 176 valence electrons. The normalized spacial score (nSPS) is 14.2. The number of para-hydroxylation sites is 2. The average Bonchev–Trinajstić information content (AvgIpc) is 3.40. The Morgan fingerprint density at radius 1 is 0.622 bits per heavy atom. The van der Waals surface area contributed by atoms with Crippen LogP contribution >= 0.6 is 0 Å². The standard InChI is InChI=1S/C35H26N2/c1-2-33-36-31-19-11-12-20-32(31)37(33)35-28-18-10-9-17-27(28)34(25-15-7-4-8-16-25)30-23-26(21-22-29(30)35)24-13-5-3-6-14-24/h3-23H,2H2,1H3/i1D3,2D2. The van der Waals surface area contributed by atoms with Crippen LogP contribution in [-0.2, 0) is 6.37 Å². The van der Waals surface area contributed by atoms with Crippen LogP contribution in [0.4, 0.5) is 0 Å². The van der Waals surface area contributed by atoms with Crippen LogP contribution < -0.4 is 0 Å². The zero-order valence-electron chi connectivity index (χ0n) is 25.0. The highest BCUT2D eigenvalue weighted by atomic mass is 15.1. The van der Waals surface area contributed by atoms with Gasteiger partial charge in [0, 0.05) is 24.0 Å². The molecule has 0 spiro atoms. The summed E-state index contributed by atoms with van der Waals surface area (Å²) in [5.74, 6) is -0.144. The highest BCUT2D eigenvalue weighted by Gasteiger charge is 2.20. The third-order valence-electron chi connectivity index (χ3n) is 7.06. The lowest BCUT2D eigenvalue weighted by Gasteiger charge is -2.20. The van der Waals surface area contributed by atoms with E-state index in [1.807, 2.05) is 72.8 Å². The Morgan fingerprint density at radius 2 is 1.27 bits per heavy atom. The van der Waals surface area contributed by atoms with Crippen molar-refractivity contribution in [2.24, 2.45) is 0 Å². The van der Waals surface area contributed by atoms with E-state index in [9.17, 15) is 0 Å². The van der Waals surface area contributed by atoms with Crippen molar-refractivity contribution in [3.63, 3.8) is 0 Å². The van der Waals surface area contributed by atoms with Crippen molar-refractivity contribution in [1.29, 1.82) is 0 Å². The van der Waals surface area contributed by atoms with E-state index in [0.29, 0.717) is 16.7 Å². The van der Waals surface area contributed by atoms with Crippen molar-refractivity contribution in [3.05, 3.63) is 133 Å². The molecule has 0 N–H and O–H groups in total. The minimum atomic E-state index is -2.93. The van der Waals surface area contributed by atoms with Gasteiger partial charge in [-0.1, -0.05) is 116 Å². The number of nitrogens with zero attached hydrogens (tertiary/aromatic N) is 2. The molecule has 0 radical (unpaired) electrons. The van der Waals surface area contributed by atoms with Crippen LogP contribution in [0.25, 0.3) is 60.5 Å². The first-order chi connectivity index (χ1) is 20.3. The molecule has 0 saturated carbocycles. The van der Waals surface area contributed by atoms with Gasteiger partial charge in [0.05, 0.1) is 16.7 Å². The van der Waals surface area contributed by atoms with Crippen LogP contribution in [0.5, 0.6) is 0 Å². The molecule has 6 aromatic carbocycles. The van der Waals surface area contributed by atoms with Crippen molar-refractivity contribution in [3.8, 4) is 27.9 Å². The Morgan fingerprint density at radius 3 is 2.05 bits per heavy atom. The number of aromatic nitrogens is 2. The van der Waals surface area contributed by atoms with Crippen LogP contribution in [0, 0.1) is 0 Å². The quantitative estimate of drug-likeness (QED) is 0.230. The van der Waals surface area contributed by atoms with E-state index in [-0.39, 0.29) is 5.82 Å². The first kappa shape index (κ1) is 16.9. The summed E-state index contributed by atoms with van der Waals surface area (Å²) in [6.07, 6.45) is -2.71. The lowest BCUT2D eigenvalue weighted by molar-refractivity contribution is 0.917. The van der Waals surface area contributed by atoms with Crippen molar-refractivity contribution < 1.29 is 6.85 Å². The Balaban J connectivity index is 1.69. The first-order valence-electron chi connectivity index (χ1n) is 14.8. The molecule has 0 aliphatic carbocycles. The molecule has 0 saturated heterocycles. The number of rotatable bonds is 4. The van der Waals surface area contributed by atoms with E-state index in [4.69, 9.17) is 6.85 Å². The Hall–Kier alpha value is -4.69. The van der Waals surface area contributed by atoms with Gasteiger partial charge >= 0.3 is 0 Å². The molecule has 0 aliphatic rings. The summed E-state index contributed by atoms with van der Waals surface area (Å²) in [6, 6.07) is 42.2. The highest BCUT2D eigenvalue weighted by molar-refractivity contribution is 6.19. The summed E-state index contributed by atoms with van der Waals surface area (Å²) in [6.45, 7) is -2.93. The van der Waals surface area contributed by atoms with Gasteiger partial charge in [0.15, 0.2) is 0 Å². The Bertz CT molecular complexity index is 2100. The molecular weight excluding hydrogens is 448 g/mol. The fourth-order valence-corrected chi connectivity index (χ4v) is 5.46. The number of imidazole rings is 1. The predicted octanol–water partition coefficient (Wildman–Crippen LogP) is 9.23. The first-order valence-corrected chi connectivity index (χ1v) is 12.3. The Labute approximate surface area is 223 Å². The zero-order valence-corrected chi connectivity index (χ0v) is 20.0. The largest absolute Gasteiger partial charge is 0.295 e. The highest BCUT2D eigenvalue weighted by Crippen LogP contribution is 2.43. The van der Waals surface area contributed by atoms with Crippen molar-refractivity contribution >= 4 is 32.6 Å². The molecule has 1 heterocycles. The molecule has 7 aromatic rings. The molecule has 0 fully saturated rings. The van der Waals surface area contributed by atoms with E-state index in [1.165, 1.54) is 0 Å². The zero-order chi connectivity index (χ0) is 29.1. The molecule has 0 aliphatic heterocycles. The maximum Gasteiger partial charge on any atom is 0.114 e. The third kappa shape index (κ3) is 3.45. The molecule has 7 rings (SSSR count). The van der Waals surface area contributed by atoms with Crippen molar-refractivity contribution in [2.45, 2.75) is 13.2 Å². The fourth-order valence-electron chi connectivity index (χ4n) is 5.46. The molecule has 37 heavy (non-hydrogen) atoms. The van der Waals surface area contributed by atoms with Crippen LogP contribution in [0.1, 0.15) is 19.5 Å². The lowest BCUT2D eigenvalue weighted by atomic mass is 9.88. The molecule has 2 heteroatoms. The summed E-state index contributed by atoms with van der Waals surface area (Å²) in [7, 11) is 0. The Kier molecular flexibility index (Phi) is 4.00. The number of hydrogen-bond acceptors (Lipinski definition) is 1. The number of fused-ring (bicyclic) bond motifs is 3. The molecule has 1 aromatic heterocycles. The third-order valence-corrected chi connectivity index (χ3v) is 7.06. The molecule has 0 amide bonds. The van der Waals surface area contributed by atoms with Crippen molar-refractivity contribution in [1.82, 2.24) is 9.55 Å². The monoisotopic (exact) mass is 479 g/mol. The maximum atomic E-state index is 8.80. The van der Waals surface area contributed by atoms with Gasteiger partial charge in [0.25, 0.3) is 0 Å². The molecule has 0 unspecified atom stereocenters. The molecule has 2 nitrogen and oxygen atoms in total. The van der Waals surface area contributed by atoms with Crippen LogP contribution in [0.15, 0.2) is 127 Å². The number of benzene rings is 6. The van der Waals surface area contributed by atoms with E-state index in [1.54, 1.807) is 10.6 Å². The van der Waals surface area contributed by atoms with Crippen LogP contribution in [0.2, 0.25) is 0 Å². The number of hydrogen-bond donors (Lipinski definition) is 0. The van der Waals surface area contributed by atoms with Crippen LogP contribution in [0.3, 0.4) is 0 Å². The number of aryl methyl sites for hydroxylation is 1. The summed E-state index contributed by atoms with van der Waals surface area (Å²) >= 11 is 0. The second kappa shape index (κ2) is 8.76. The van der Waals surface area contributed by atoms with Crippen molar-refractivity contribution in [2.75, 3.05) is 0 Å². The average molecular weight is 480 g/mol. The van der Waals surface area contributed by atoms with Gasteiger partial charge in [-0.3, -0.25) is 4.57 Å². The minimum Gasteiger partial charge on any atom is -0.295 e.